The van der Waals surface area contributed by atoms with Crippen molar-refractivity contribution in [1.29, 1.82) is 0 Å². The molecule has 88 valence electrons. The Morgan fingerprint density at radius 2 is 1.94 bits per heavy atom. The number of carboxylic acids is 1. The Morgan fingerprint density at radius 1 is 1.29 bits per heavy atom. The number of aromatic nitrogens is 1. The first-order chi connectivity index (χ1) is 8.13. The highest BCUT2D eigenvalue weighted by Crippen LogP contribution is 2.26. The standard InChI is InChI=1S/C13H12BrNO2/c1-2-15-8-7-11(12(15)13(16)17)9-3-5-10(14)6-4-9/h3-8H,2H2,1H3,(H,16,17). The van der Waals surface area contributed by atoms with Crippen LogP contribution >= 0.6 is 15.9 Å². The van der Waals surface area contributed by atoms with Gasteiger partial charge in [0.1, 0.15) is 5.69 Å². The first-order valence-electron chi connectivity index (χ1n) is 5.32. The smallest absolute Gasteiger partial charge is 0.353 e. The van der Waals surface area contributed by atoms with Crippen molar-refractivity contribution in [3.8, 4) is 11.1 Å². The summed E-state index contributed by atoms with van der Waals surface area (Å²) >= 11 is 3.36. The third-order valence-corrected chi connectivity index (χ3v) is 3.19. The number of halogens is 1. The molecule has 0 aliphatic rings. The van der Waals surface area contributed by atoms with E-state index in [0.29, 0.717) is 12.2 Å². The zero-order valence-corrected chi connectivity index (χ0v) is 10.9. The number of carbonyl (C=O) groups is 1. The summed E-state index contributed by atoms with van der Waals surface area (Å²) in [5.41, 5.74) is 2.01. The molecule has 0 aliphatic heterocycles. The highest BCUT2D eigenvalue weighted by Gasteiger charge is 2.16. The van der Waals surface area contributed by atoms with Gasteiger partial charge in [-0.15, -0.1) is 0 Å². The van der Waals surface area contributed by atoms with Crippen molar-refractivity contribution >= 4 is 21.9 Å². The van der Waals surface area contributed by atoms with Gasteiger partial charge < -0.3 is 9.67 Å². The van der Waals surface area contributed by atoms with Crippen LogP contribution in [0.15, 0.2) is 41.0 Å². The zero-order valence-electron chi connectivity index (χ0n) is 9.35. The average Bonchev–Trinajstić information content (AvgIpc) is 2.73. The van der Waals surface area contributed by atoms with Crippen molar-refractivity contribution in [2.45, 2.75) is 13.5 Å². The van der Waals surface area contributed by atoms with Crippen LogP contribution in [-0.2, 0) is 6.54 Å². The second kappa shape index (κ2) is 4.75. The Bertz CT molecular complexity index is 543. The van der Waals surface area contributed by atoms with Crippen molar-refractivity contribution in [1.82, 2.24) is 4.57 Å². The molecule has 0 saturated heterocycles. The van der Waals surface area contributed by atoms with E-state index in [2.05, 4.69) is 15.9 Å². The molecule has 2 aromatic rings. The van der Waals surface area contributed by atoms with Gasteiger partial charge in [-0.25, -0.2) is 4.79 Å². The summed E-state index contributed by atoms with van der Waals surface area (Å²) in [4.78, 5) is 11.3. The summed E-state index contributed by atoms with van der Waals surface area (Å²) in [5.74, 6) is -0.894. The molecule has 0 unspecified atom stereocenters. The Balaban J connectivity index is 2.55. The van der Waals surface area contributed by atoms with Crippen LogP contribution in [0.1, 0.15) is 17.4 Å². The van der Waals surface area contributed by atoms with Gasteiger partial charge in [0.15, 0.2) is 0 Å². The summed E-state index contributed by atoms with van der Waals surface area (Å²) in [5, 5.41) is 9.25. The number of hydrogen-bond donors (Lipinski definition) is 1. The second-order valence-electron chi connectivity index (χ2n) is 3.68. The van der Waals surface area contributed by atoms with Gasteiger partial charge in [0.05, 0.1) is 0 Å². The lowest BCUT2D eigenvalue weighted by molar-refractivity contribution is 0.0686. The van der Waals surface area contributed by atoms with Crippen molar-refractivity contribution in [3.63, 3.8) is 0 Å². The SMILES string of the molecule is CCn1ccc(-c2ccc(Br)cc2)c1C(=O)O. The molecule has 0 bridgehead atoms. The van der Waals surface area contributed by atoms with Gasteiger partial charge in [-0.3, -0.25) is 0 Å². The van der Waals surface area contributed by atoms with Gasteiger partial charge in [-0.2, -0.15) is 0 Å². The molecular weight excluding hydrogens is 282 g/mol. The number of carboxylic acid groups (broad SMARTS) is 1. The number of aromatic carboxylic acids is 1. The van der Waals surface area contributed by atoms with Crippen molar-refractivity contribution in [2.75, 3.05) is 0 Å². The normalized spacial score (nSPS) is 10.5. The number of rotatable bonds is 3. The highest BCUT2D eigenvalue weighted by molar-refractivity contribution is 9.10. The van der Waals surface area contributed by atoms with Crippen molar-refractivity contribution in [3.05, 3.63) is 46.7 Å². The minimum atomic E-state index is -0.894. The number of hydrogen-bond acceptors (Lipinski definition) is 1. The summed E-state index contributed by atoms with van der Waals surface area (Å²) < 4.78 is 2.72. The Kier molecular flexibility index (Phi) is 3.33. The van der Waals surface area contributed by atoms with Crippen LogP contribution < -0.4 is 0 Å². The molecule has 0 amide bonds. The van der Waals surface area contributed by atoms with Gasteiger partial charge in [-0.1, -0.05) is 28.1 Å². The van der Waals surface area contributed by atoms with Gasteiger partial charge in [0, 0.05) is 22.8 Å². The fourth-order valence-corrected chi connectivity index (χ4v) is 2.10. The maximum Gasteiger partial charge on any atom is 0.353 e. The molecule has 0 atom stereocenters. The number of aryl methyl sites for hydroxylation is 1. The number of benzene rings is 1. The lowest BCUT2D eigenvalue weighted by Gasteiger charge is -2.05. The van der Waals surface area contributed by atoms with E-state index in [1.807, 2.05) is 37.3 Å². The van der Waals surface area contributed by atoms with Gasteiger partial charge >= 0.3 is 5.97 Å². The molecule has 0 saturated carbocycles. The van der Waals surface area contributed by atoms with E-state index < -0.39 is 5.97 Å². The fraction of sp³-hybridized carbons (Fsp3) is 0.154. The minimum Gasteiger partial charge on any atom is -0.477 e. The van der Waals surface area contributed by atoms with E-state index in [1.54, 1.807) is 10.8 Å². The molecular formula is C13H12BrNO2. The van der Waals surface area contributed by atoms with Crippen molar-refractivity contribution < 1.29 is 9.90 Å². The summed E-state index contributed by atoms with van der Waals surface area (Å²) in [7, 11) is 0. The Hall–Kier alpha value is -1.55. The molecule has 2 rings (SSSR count). The third kappa shape index (κ3) is 2.26. The van der Waals surface area contributed by atoms with E-state index >= 15 is 0 Å². The predicted molar refractivity (Wildman–Crippen MR) is 70.2 cm³/mol. The van der Waals surface area contributed by atoms with E-state index in [0.717, 1.165) is 15.6 Å². The highest BCUT2D eigenvalue weighted by atomic mass is 79.9. The lowest BCUT2D eigenvalue weighted by atomic mass is 10.1. The molecule has 1 aromatic carbocycles. The minimum absolute atomic E-state index is 0.342. The third-order valence-electron chi connectivity index (χ3n) is 2.66. The molecule has 0 fully saturated rings. The number of nitrogens with zero attached hydrogens (tertiary/aromatic N) is 1. The summed E-state index contributed by atoms with van der Waals surface area (Å²) in [6.45, 7) is 2.58. The maximum absolute atomic E-state index is 11.3. The van der Waals surface area contributed by atoms with E-state index in [4.69, 9.17) is 0 Å². The molecule has 1 heterocycles. The molecule has 0 aliphatic carbocycles. The quantitative estimate of drug-likeness (QED) is 0.939. The van der Waals surface area contributed by atoms with Crippen LogP contribution in [0.4, 0.5) is 0 Å². The zero-order chi connectivity index (χ0) is 12.4. The van der Waals surface area contributed by atoms with E-state index in [-0.39, 0.29) is 0 Å². The summed E-state index contributed by atoms with van der Waals surface area (Å²) in [6, 6.07) is 9.47. The second-order valence-corrected chi connectivity index (χ2v) is 4.59. The largest absolute Gasteiger partial charge is 0.477 e. The molecule has 0 radical (unpaired) electrons. The van der Waals surface area contributed by atoms with E-state index in [9.17, 15) is 9.90 Å². The topological polar surface area (TPSA) is 42.2 Å². The van der Waals surface area contributed by atoms with Crippen LogP contribution in [0.3, 0.4) is 0 Å². The van der Waals surface area contributed by atoms with Crippen LogP contribution in [0.2, 0.25) is 0 Å². The predicted octanol–water partition coefficient (Wildman–Crippen LogP) is 3.64. The first-order valence-corrected chi connectivity index (χ1v) is 6.11. The lowest BCUT2D eigenvalue weighted by Crippen LogP contribution is -2.07. The molecule has 1 N–H and O–H groups in total. The van der Waals surface area contributed by atoms with Gasteiger partial charge in [0.25, 0.3) is 0 Å². The first kappa shape index (κ1) is 11.9. The molecule has 0 spiro atoms. The van der Waals surface area contributed by atoms with Crippen LogP contribution in [-0.4, -0.2) is 15.6 Å². The monoisotopic (exact) mass is 293 g/mol. The van der Waals surface area contributed by atoms with Gasteiger partial charge in [-0.05, 0) is 30.7 Å². The van der Waals surface area contributed by atoms with Crippen LogP contribution in [0.5, 0.6) is 0 Å². The Morgan fingerprint density at radius 3 is 2.47 bits per heavy atom. The molecule has 1 aromatic heterocycles. The molecule has 3 nitrogen and oxygen atoms in total. The van der Waals surface area contributed by atoms with Gasteiger partial charge in [0.2, 0.25) is 0 Å². The average molecular weight is 294 g/mol. The fourth-order valence-electron chi connectivity index (χ4n) is 1.84. The van der Waals surface area contributed by atoms with E-state index in [1.165, 1.54) is 0 Å². The molecule has 4 heteroatoms. The molecule has 17 heavy (non-hydrogen) atoms. The van der Waals surface area contributed by atoms with Crippen molar-refractivity contribution in [2.24, 2.45) is 0 Å². The Labute approximate surface area is 108 Å². The van der Waals surface area contributed by atoms with Crippen LogP contribution in [0.25, 0.3) is 11.1 Å². The van der Waals surface area contributed by atoms with Crippen LogP contribution in [0, 0.1) is 0 Å². The summed E-state index contributed by atoms with van der Waals surface area (Å²) in [6.07, 6.45) is 1.81. The maximum atomic E-state index is 11.3.